The van der Waals surface area contributed by atoms with E-state index in [-0.39, 0.29) is 11.8 Å². The van der Waals surface area contributed by atoms with E-state index in [1.807, 2.05) is 24.3 Å². The summed E-state index contributed by atoms with van der Waals surface area (Å²) in [5.41, 5.74) is 1.59. The van der Waals surface area contributed by atoms with E-state index < -0.39 is 6.10 Å². The molecule has 0 bridgehead atoms. The summed E-state index contributed by atoms with van der Waals surface area (Å²) in [6.45, 7) is 0. The number of aromatic amines is 1. The minimum atomic E-state index is -0.521. The number of hydrogen-bond donors (Lipinski definition) is 3. The number of aromatic nitrogens is 3. The molecule has 23 heavy (non-hydrogen) atoms. The first-order valence-corrected chi connectivity index (χ1v) is 8.22. The topological polar surface area (TPSA) is 90.9 Å². The van der Waals surface area contributed by atoms with E-state index in [1.165, 1.54) is 12.8 Å². The minimum Gasteiger partial charge on any atom is -0.392 e. The number of hydrogen-bond acceptors (Lipinski definition) is 4. The van der Waals surface area contributed by atoms with Crippen molar-refractivity contribution in [1.29, 1.82) is 0 Å². The first-order chi connectivity index (χ1) is 11.2. The highest BCUT2D eigenvalue weighted by molar-refractivity contribution is 5.93. The number of H-pyrrole nitrogens is 1. The Hall–Kier alpha value is -2.21. The van der Waals surface area contributed by atoms with E-state index in [1.54, 1.807) is 0 Å². The lowest BCUT2D eigenvalue weighted by Crippen LogP contribution is -2.28. The van der Waals surface area contributed by atoms with Gasteiger partial charge in [0, 0.05) is 17.2 Å². The number of anilines is 1. The van der Waals surface area contributed by atoms with Crippen molar-refractivity contribution in [3.05, 3.63) is 30.1 Å². The van der Waals surface area contributed by atoms with Gasteiger partial charge in [-0.3, -0.25) is 9.89 Å². The summed E-state index contributed by atoms with van der Waals surface area (Å²) >= 11 is 0. The van der Waals surface area contributed by atoms with Crippen LogP contribution in [0.4, 0.5) is 5.69 Å². The van der Waals surface area contributed by atoms with Crippen LogP contribution in [0.1, 0.15) is 43.8 Å². The molecule has 2 aliphatic carbocycles. The average molecular weight is 312 g/mol. The smallest absolute Gasteiger partial charge is 0.230 e. The normalized spacial score (nSPS) is 23.9. The fourth-order valence-corrected chi connectivity index (χ4v) is 3.16. The summed E-state index contributed by atoms with van der Waals surface area (Å²) in [6.07, 6.45) is 4.19. The zero-order valence-corrected chi connectivity index (χ0v) is 12.8. The van der Waals surface area contributed by atoms with Crippen LogP contribution in [0.2, 0.25) is 0 Å². The SMILES string of the molecule is O=C(Nc1cccc(-c2n[nH]c(C3CC3)n2)c1)C1CCCC1O. The maximum absolute atomic E-state index is 12.3. The van der Waals surface area contributed by atoms with Crippen LogP contribution in [0.15, 0.2) is 24.3 Å². The molecule has 6 heteroatoms. The van der Waals surface area contributed by atoms with Gasteiger partial charge in [0.25, 0.3) is 0 Å². The molecule has 0 spiro atoms. The first kappa shape index (κ1) is 14.4. The van der Waals surface area contributed by atoms with Gasteiger partial charge in [-0.25, -0.2) is 4.98 Å². The van der Waals surface area contributed by atoms with Gasteiger partial charge in [-0.15, -0.1) is 0 Å². The van der Waals surface area contributed by atoms with E-state index in [2.05, 4.69) is 20.5 Å². The third-order valence-corrected chi connectivity index (χ3v) is 4.67. The van der Waals surface area contributed by atoms with Crippen LogP contribution in [-0.2, 0) is 4.79 Å². The molecule has 2 fully saturated rings. The van der Waals surface area contributed by atoms with Gasteiger partial charge >= 0.3 is 0 Å². The highest BCUT2D eigenvalue weighted by Gasteiger charge is 2.31. The third kappa shape index (κ3) is 2.99. The molecule has 6 nitrogen and oxygen atoms in total. The molecule has 1 heterocycles. The van der Waals surface area contributed by atoms with Crippen molar-refractivity contribution in [3.8, 4) is 11.4 Å². The van der Waals surface area contributed by atoms with Gasteiger partial charge in [-0.1, -0.05) is 12.1 Å². The van der Waals surface area contributed by atoms with Gasteiger partial charge in [0.05, 0.1) is 12.0 Å². The lowest BCUT2D eigenvalue weighted by Gasteiger charge is -2.14. The van der Waals surface area contributed by atoms with Crippen molar-refractivity contribution >= 4 is 11.6 Å². The number of rotatable bonds is 4. The Kier molecular flexibility index (Phi) is 3.61. The number of aliphatic hydroxyl groups excluding tert-OH is 1. The van der Waals surface area contributed by atoms with Crippen LogP contribution in [0.5, 0.6) is 0 Å². The largest absolute Gasteiger partial charge is 0.392 e. The minimum absolute atomic E-state index is 0.110. The number of aliphatic hydroxyl groups is 1. The van der Waals surface area contributed by atoms with E-state index in [9.17, 15) is 9.90 Å². The molecule has 0 saturated heterocycles. The van der Waals surface area contributed by atoms with E-state index in [0.29, 0.717) is 23.9 Å². The highest BCUT2D eigenvalue weighted by atomic mass is 16.3. The zero-order chi connectivity index (χ0) is 15.8. The Morgan fingerprint density at radius 3 is 2.87 bits per heavy atom. The summed E-state index contributed by atoms with van der Waals surface area (Å²) in [4.78, 5) is 16.8. The van der Waals surface area contributed by atoms with Crippen molar-refractivity contribution in [2.24, 2.45) is 5.92 Å². The lowest BCUT2D eigenvalue weighted by molar-refractivity contribution is -0.122. The quantitative estimate of drug-likeness (QED) is 0.808. The van der Waals surface area contributed by atoms with Gasteiger partial charge in [-0.05, 0) is 44.2 Å². The summed E-state index contributed by atoms with van der Waals surface area (Å²) in [5, 5.41) is 20.0. The fraction of sp³-hybridized carbons (Fsp3) is 0.471. The molecular weight excluding hydrogens is 292 g/mol. The van der Waals surface area contributed by atoms with Crippen molar-refractivity contribution in [1.82, 2.24) is 15.2 Å². The molecule has 2 aliphatic rings. The van der Waals surface area contributed by atoms with E-state index in [0.717, 1.165) is 24.2 Å². The lowest BCUT2D eigenvalue weighted by atomic mass is 10.0. The molecule has 0 aliphatic heterocycles. The second-order valence-electron chi connectivity index (χ2n) is 6.49. The predicted octanol–water partition coefficient (Wildman–Crippen LogP) is 2.45. The van der Waals surface area contributed by atoms with Gasteiger partial charge in [0.1, 0.15) is 5.82 Å². The van der Waals surface area contributed by atoms with Crippen molar-refractivity contribution < 1.29 is 9.90 Å². The van der Waals surface area contributed by atoms with Crippen LogP contribution in [0.25, 0.3) is 11.4 Å². The molecule has 1 aromatic carbocycles. The van der Waals surface area contributed by atoms with E-state index in [4.69, 9.17) is 0 Å². The van der Waals surface area contributed by atoms with Gasteiger partial charge in [0.2, 0.25) is 5.91 Å². The van der Waals surface area contributed by atoms with E-state index >= 15 is 0 Å². The molecule has 2 unspecified atom stereocenters. The summed E-state index contributed by atoms with van der Waals surface area (Å²) in [6, 6.07) is 7.53. The Morgan fingerprint density at radius 2 is 2.13 bits per heavy atom. The van der Waals surface area contributed by atoms with Crippen LogP contribution < -0.4 is 5.32 Å². The van der Waals surface area contributed by atoms with Crippen molar-refractivity contribution in [2.45, 2.75) is 44.1 Å². The Labute approximate surface area is 134 Å². The molecule has 120 valence electrons. The Balaban J connectivity index is 1.50. The second-order valence-corrected chi connectivity index (χ2v) is 6.49. The predicted molar refractivity (Wildman–Crippen MR) is 85.8 cm³/mol. The third-order valence-electron chi connectivity index (χ3n) is 4.67. The first-order valence-electron chi connectivity index (χ1n) is 8.22. The van der Waals surface area contributed by atoms with Gasteiger partial charge in [0.15, 0.2) is 5.82 Å². The Bertz CT molecular complexity index is 723. The molecule has 1 amide bonds. The number of nitrogens with one attached hydrogen (secondary N) is 2. The molecule has 1 aromatic heterocycles. The van der Waals surface area contributed by atoms with Gasteiger partial charge in [-0.2, -0.15) is 5.10 Å². The number of carbonyl (C=O) groups is 1. The van der Waals surface area contributed by atoms with Crippen LogP contribution in [-0.4, -0.2) is 32.3 Å². The van der Waals surface area contributed by atoms with Gasteiger partial charge < -0.3 is 10.4 Å². The molecule has 2 atom stereocenters. The zero-order valence-electron chi connectivity index (χ0n) is 12.8. The van der Waals surface area contributed by atoms with Crippen molar-refractivity contribution in [3.63, 3.8) is 0 Å². The fourth-order valence-electron chi connectivity index (χ4n) is 3.16. The van der Waals surface area contributed by atoms with Crippen LogP contribution in [0.3, 0.4) is 0 Å². The summed E-state index contributed by atoms with van der Waals surface area (Å²) in [5.74, 6) is 1.72. The molecule has 3 N–H and O–H groups in total. The second kappa shape index (κ2) is 5.77. The summed E-state index contributed by atoms with van der Waals surface area (Å²) in [7, 11) is 0. The number of amides is 1. The standard InChI is InChI=1S/C17H20N4O2/c22-14-6-2-5-13(14)17(23)18-12-4-1-3-11(9-12)16-19-15(20-21-16)10-7-8-10/h1,3-4,9-10,13-14,22H,2,5-8H2,(H,18,23)(H,19,20,21). The molecule has 2 aromatic rings. The maximum Gasteiger partial charge on any atom is 0.230 e. The number of nitrogens with zero attached hydrogens (tertiary/aromatic N) is 2. The summed E-state index contributed by atoms with van der Waals surface area (Å²) < 4.78 is 0. The molecule has 2 saturated carbocycles. The number of benzene rings is 1. The van der Waals surface area contributed by atoms with Crippen molar-refractivity contribution in [2.75, 3.05) is 5.32 Å². The van der Waals surface area contributed by atoms with Crippen LogP contribution in [0, 0.1) is 5.92 Å². The number of carbonyl (C=O) groups excluding carboxylic acids is 1. The molecule has 0 radical (unpaired) electrons. The van der Waals surface area contributed by atoms with Crippen LogP contribution >= 0.6 is 0 Å². The molecule has 4 rings (SSSR count). The Morgan fingerprint density at radius 1 is 1.26 bits per heavy atom. The maximum atomic E-state index is 12.3. The molecular formula is C17H20N4O2. The monoisotopic (exact) mass is 312 g/mol. The average Bonchev–Trinajstić information content (AvgIpc) is 3.11. The highest BCUT2D eigenvalue weighted by Crippen LogP contribution is 2.38.